The second kappa shape index (κ2) is 34.5. The summed E-state index contributed by atoms with van der Waals surface area (Å²) in [5.41, 5.74) is -6.65. The molecule has 3 aliphatic heterocycles. The van der Waals surface area contributed by atoms with Gasteiger partial charge in [0.15, 0.2) is 0 Å². The molecular weight excluding hydrogens is 1380 g/mol. The van der Waals surface area contributed by atoms with E-state index in [-0.39, 0.29) is 60.9 Å². The average molecular weight is 1480 g/mol. The van der Waals surface area contributed by atoms with Crippen molar-refractivity contribution in [2.45, 2.75) is 224 Å². The highest BCUT2D eigenvalue weighted by molar-refractivity contribution is 6.30. The van der Waals surface area contributed by atoms with Gasteiger partial charge >= 0.3 is 34.0 Å². The van der Waals surface area contributed by atoms with Gasteiger partial charge in [0.1, 0.15) is 28.7 Å². The molecule has 0 saturated heterocycles. The maximum Gasteiger partial charge on any atom is 0.345 e. The molecule has 0 aliphatic carbocycles. The topological polar surface area (TPSA) is 410 Å². The number of aromatic amines is 5. The largest absolute Gasteiger partial charge is 0.345 e. The summed E-state index contributed by atoms with van der Waals surface area (Å²) < 4.78 is 31.8. The standard InChI is InChI=1S/C10H16N2O.C9H13FN2O.C9H14N2O2.C9H14N2O.C8H11ClN2O2.C7H10ClN3O2.C7H10FN3O2.C7H11N3O2/c1-7-6-9(13)11-8(2)12(7)10(3,4)5;1-6-11-8(13)7(10)5-12(6)9(2,3)4;1-6-5-7(12)10-8(13)11(6)9(2,3)4;1-7-10-8(12)5-6-11(7)9(2,3)4;1-8(2,3)11-4-5(9)6(12)10-7(11)13;2*1-7(2,3)11-6(13)9-5(12)4(8)10-11;1-7(2,3)10-6(12)9-5(11)4-8-10/h6H,2H2,1,3-5H3,(H,11,13);5H,1H2,2-4H3,(H,11,13);5H,1-4H3,(H,10,12,13);5-6H,1H2,2-4H3,(H,10,12);4H,1-3H3,(H,10,12,13);2*1-3H3,(H,9,12,13);4H,1-3H3,(H,9,11,12). The van der Waals surface area contributed by atoms with Gasteiger partial charge in [0, 0.05) is 75.9 Å². The van der Waals surface area contributed by atoms with E-state index in [1.807, 2.05) is 105 Å². The third kappa shape index (κ3) is 27.8. The minimum atomic E-state index is -1.20. The van der Waals surface area contributed by atoms with E-state index in [1.165, 1.54) is 33.8 Å². The highest BCUT2D eigenvalue weighted by atomic mass is 35.5. The van der Waals surface area contributed by atoms with Crippen LogP contribution in [0.2, 0.25) is 10.2 Å². The Morgan fingerprint density at radius 1 is 0.451 bits per heavy atom. The van der Waals surface area contributed by atoms with Gasteiger partial charge in [-0.1, -0.05) is 42.9 Å². The molecule has 0 bridgehead atoms. The second-order valence-electron chi connectivity index (χ2n) is 30.6. The smallest absolute Gasteiger partial charge is 0.330 e. The summed E-state index contributed by atoms with van der Waals surface area (Å²) in [4.78, 5) is 159. The fraction of sp³-hybridized carbons (Fsp3) is 0.515. The van der Waals surface area contributed by atoms with Crippen molar-refractivity contribution in [3.8, 4) is 0 Å². The summed E-state index contributed by atoms with van der Waals surface area (Å²) in [6.07, 6.45) is 8.44. The zero-order chi connectivity index (χ0) is 80.0. The molecule has 0 atom stereocenters. The SMILES string of the molecule is C=C1NC(=O)C(F)=CN1C(C)(C)C.C=C1NC(=O)C=C(C)N1C(C)(C)C.C=C1NC(=O)C=CN1C(C)(C)C.CC(C)(C)n1cc(Cl)c(=O)[nH]c1=O.CC(C)(C)n1nc(Cl)c(=O)[nH]c1=O.CC(C)(C)n1nc(F)c(=O)[nH]c1=O.CC(C)(C)n1ncc(=O)[nH]c1=O.Cc1cc(=O)[nH]c(=O)n1C(C)(C)C. The van der Waals surface area contributed by atoms with Crippen molar-refractivity contribution in [3.05, 3.63) is 218 Å². The van der Waals surface area contributed by atoms with Crippen LogP contribution in [0.5, 0.6) is 0 Å². The monoisotopic (exact) mass is 1470 g/mol. The van der Waals surface area contributed by atoms with Crippen LogP contribution in [0, 0.1) is 12.9 Å². The highest BCUT2D eigenvalue weighted by Gasteiger charge is 2.30. The molecule has 0 aromatic carbocycles. The minimum absolute atomic E-state index is 0.0227. The van der Waals surface area contributed by atoms with Crippen LogP contribution < -0.4 is 72.2 Å². The Morgan fingerprint density at radius 2 is 0.892 bits per heavy atom. The maximum atomic E-state index is 12.9. The molecule has 0 saturated carbocycles. The van der Waals surface area contributed by atoms with Gasteiger partial charge in [-0.25, -0.2) is 38.0 Å². The molecule has 5 aromatic rings. The zero-order valence-electron chi connectivity index (χ0n) is 62.9. The Balaban J connectivity index is 0.000000583. The van der Waals surface area contributed by atoms with E-state index in [0.717, 1.165) is 21.3 Å². The second-order valence-corrected chi connectivity index (χ2v) is 31.4. The van der Waals surface area contributed by atoms with Crippen LogP contribution in [0.15, 0.2) is 140 Å². The molecule has 8 heterocycles. The number of amides is 3. The van der Waals surface area contributed by atoms with Crippen molar-refractivity contribution in [3.63, 3.8) is 0 Å². The number of aryl methyl sites for hydroxylation is 1. The molecule has 0 fully saturated rings. The fourth-order valence-electron chi connectivity index (χ4n) is 8.73. The summed E-state index contributed by atoms with van der Waals surface area (Å²) in [5, 5.41) is 18.1. The Labute approximate surface area is 597 Å². The number of carbonyl (C=O) groups is 3. The molecule has 0 spiro atoms. The van der Waals surface area contributed by atoms with Crippen molar-refractivity contribution < 1.29 is 23.2 Å². The number of hydrogen-bond acceptors (Lipinski definition) is 19. The molecule has 32 nitrogen and oxygen atoms in total. The highest BCUT2D eigenvalue weighted by Crippen LogP contribution is 2.26. The predicted molar refractivity (Wildman–Crippen MR) is 388 cm³/mol. The molecule has 102 heavy (non-hydrogen) atoms. The van der Waals surface area contributed by atoms with Gasteiger partial charge in [0.05, 0.1) is 16.6 Å². The first-order valence-corrected chi connectivity index (χ1v) is 32.0. The normalized spacial score (nSPS) is 14.2. The van der Waals surface area contributed by atoms with Gasteiger partial charge in [0.25, 0.3) is 45.9 Å². The van der Waals surface area contributed by atoms with Gasteiger partial charge in [-0.05, 0) is 180 Å². The molecule has 3 aliphatic rings. The van der Waals surface area contributed by atoms with Gasteiger partial charge in [0.2, 0.25) is 11.0 Å². The van der Waals surface area contributed by atoms with Gasteiger partial charge in [-0.2, -0.15) is 19.0 Å². The minimum Gasteiger partial charge on any atom is -0.330 e. The number of halogens is 4. The summed E-state index contributed by atoms with van der Waals surface area (Å²) in [7, 11) is 0. The first-order valence-electron chi connectivity index (χ1n) is 31.2. The maximum absolute atomic E-state index is 12.9. The third-order valence-corrected chi connectivity index (χ3v) is 13.4. The van der Waals surface area contributed by atoms with Crippen LogP contribution in [-0.4, -0.2) is 112 Å². The number of H-pyrrole nitrogens is 5. The Hall–Kier alpha value is -10.1. The van der Waals surface area contributed by atoms with E-state index in [2.05, 4.69) is 112 Å². The first kappa shape index (κ1) is 89.9. The van der Waals surface area contributed by atoms with Gasteiger partial charge < -0.3 is 30.7 Å². The van der Waals surface area contributed by atoms with E-state index in [4.69, 9.17) is 23.2 Å². The van der Waals surface area contributed by atoms with E-state index < -0.39 is 79.3 Å². The number of allylic oxidation sites excluding steroid dienone is 1. The molecule has 0 radical (unpaired) electrons. The molecule has 3 amide bonds. The van der Waals surface area contributed by atoms with Crippen LogP contribution >= 0.6 is 23.2 Å². The first-order chi connectivity index (χ1) is 45.7. The summed E-state index contributed by atoms with van der Waals surface area (Å²) in [6, 6.07) is 1.42. The molecule has 36 heteroatoms. The van der Waals surface area contributed by atoms with Gasteiger partial charge in [-0.15, -0.1) is 5.10 Å². The van der Waals surface area contributed by atoms with E-state index >= 15 is 0 Å². The van der Waals surface area contributed by atoms with Crippen molar-refractivity contribution in [1.29, 1.82) is 0 Å². The lowest BCUT2D eigenvalue weighted by Gasteiger charge is -2.41. The summed E-state index contributed by atoms with van der Waals surface area (Å²) in [5.74, 6) is -1.24. The molecule has 5 aromatic heterocycles. The molecular formula is C66H99Cl2F2N19O13. The predicted octanol–water partition coefficient (Wildman–Crippen LogP) is 5.69. The molecule has 0 unspecified atom stereocenters. The van der Waals surface area contributed by atoms with Crippen LogP contribution in [0.1, 0.15) is 179 Å². The van der Waals surface area contributed by atoms with E-state index in [0.29, 0.717) is 23.2 Å². The lowest BCUT2D eigenvalue weighted by Crippen LogP contribution is -2.47. The molecule has 8 rings (SSSR count). The van der Waals surface area contributed by atoms with Crippen molar-refractivity contribution >= 4 is 40.9 Å². The van der Waals surface area contributed by atoms with Crippen molar-refractivity contribution in [2.24, 2.45) is 0 Å². The zero-order valence-corrected chi connectivity index (χ0v) is 64.4. The van der Waals surface area contributed by atoms with Crippen molar-refractivity contribution in [2.75, 3.05) is 0 Å². The quantitative estimate of drug-likeness (QED) is 0.0923. The number of nitrogens with zero attached hydrogens (tertiary/aromatic N) is 11. The number of carbonyl (C=O) groups excluding carboxylic acids is 3. The number of hydrogen-bond donors (Lipinski definition) is 8. The van der Waals surface area contributed by atoms with Crippen molar-refractivity contribution in [1.82, 2.24) is 94.0 Å². The fourth-order valence-corrected chi connectivity index (χ4v) is 9.00. The van der Waals surface area contributed by atoms with Crippen LogP contribution in [0.4, 0.5) is 8.78 Å². The number of rotatable bonds is 0. The lowest BCUT2D eigenvalue weighted by molar-refractivity contribution is -0.119. The lowest BCUT2D eigenvalue weighted by atomic mass is 10.0. The average Bonchev–Trinajstić information content (AvgIpc) is 0.719. The number of nitrogens with one attached hydrogen (secondary N) is 8. The molecule has 564 valence electrons. The third-order valence-electron chi connectivity index (χ3n) is 12.9. The van der Waals surface area contributed by atoms with Crippen LogP contribution in [0.25, 0.3) is 0 Å². The van der Waals surface area contributed by atoms with E-state index in [1.54, 1.807) is 70.2 Å². The Morgan fingerprint density at radius 3 is 1.31 bits per heavy atom. The Bertz CT molecular complexity index is 4460. The summed E-state index contributed by atoms with van der Waals surface area (Å²) >= 11 is 11.1. The molecule has 8 N–H and O–H groups in total. The summed E-state index contributed by atoms with van der Waals surface area (Å²) in [6.45, 7) is 60.2. The van der Waals surface area contributed by atoms with Crippen LogP contribution in [-0.2, 0) is 42.1 Å². The Kier molecular flexibility index (Phi) is 30.4. The number of aromatic nitrogens is 13. The van der Waals surface area contributed by atoms with Gasteiger partial charge in [-0.3, -0.25) is 72.4 Å². The van der Waals surface area contributed by atoms with Crippen LogP contribution in [0.3, 0.4) is 0 Å². The van der Waals surface area contributed by atoms with E-state index in [9.17, 15) is 71.1 Å².